The lowest BCUT2D eigenvalue weighted by molar-refractivity contribution is 0.0730. The molecule has 9 heteroatoms. The van der Waals surface area contributed by atoms with Gasteiger partial charge in [0.1, 0.15) is 0 Å². The molecule has 2 aliphatic rings. The lowest BCUT2D eigenvalue weighted by atomic mass is 10.2. The molecule has 0 N–H and O–H groups in total. The molecule has 0 radical (unpaired) electrons. The summed E-state index contributed by atoms with van der Waals surface area (Å²) in [6.07, 6.45) is 2.27. The van der Waals surface area contributed by atoms with Gasteiger partial charge in [-0.25, -0.2) is 13.4 Å². The predicted octanol–water partition coefficient (Wildman–Crippen LogP) is 3.84. The van der Waals surface area contributed by atoms with Gasteiger partial charge in [-0.15, -0.1) is 0 Å². The summed E-state index contributed by atoms with van der Waals surface area (Å²) < 4.78 is 41.2. The van der Waals surface area contributed by atoms with Gasteiger partial charge in [0.05, 0.1) is 41.8 Å². The van der Waals surface area contributed by atoms with Gasteiger partial charge in [-0.1, -0.05) is 41.6 Å². The zero-order valence-electron chi connectivity index (χ0n) is 18.8. The Hall–Kier alpha value is -1.91. The maximum atomic E-state index is 13.2. The first-order chi connectivity index (χ1) is 16.0. The second-order valence-corrected chi connectivity index (χ2v) is 11.5. The Morgan fingerprint density at radius 1 is 1.09 bits per heavy atom. The van der Waals surface area contributed by atoms with Gasteiger partial charge < -0.3 is 14.0 Å². The highest BCUT2D eigenvalue weighted by atomic mass is 32.2. The summed E-state index contributed by atoms with van der Waals surface area (Å²) in [5, 5.41) is 0.891. The van der Waals surface area contributed by atoms with Crippen LogP contribution < -0.4 is 0 Å². The van der Waals surface area contributed by atoms with Gasteiger partial charge in [-0.3, -0.25) is 0 Å². The number of benzene rings is 2. The zero-order valence-corrected chi connectivity index (χ0v) is 20.4. The third-order valence-electron chi connectivity index (χ3n) is 6.19. The molecule has 2 aromatic carbocycles. The van der Waals surface area contributed by atoms with Gasteiger partial charge in [0, 0.05) is 25.4 Å². The lowest BCUT2D eigenvalue weighted by Crippen LogP contribution is -2.40. The molecule has 0 spiro atoms. The van der Waals surface area contributed by atoms with Crippen LogP contribution in [0.2, 0.25) is 0 Å². The van der Waals surface area contributed by atoms with Crippen molar-refractivity contribution >= 4 is 32.8 Å². The van der Waals surface area contributed by atoms with E-state index in [-0.39, 0.29) is 11.0 Å². The average molecular weight is 488 g/mol. The summed E-state index contributed by atoms with van der Waals surface area (Å²) in [4.78, 5) is 5.16. The van der Waals surface area contributed by atoms with Crippen LogP contribution in [0.1, 0.15) is 24.0 Å². The molecule has 2 saturated heterocycles. The maximum Gasteiger partial charge on any atom is 0.243 e. The number of thioether (sulfide) groups is 1. The first-order valence-corrected chi connectivity index (χ1v) is 13.8. The monoisotopic (exact) mass is 487 g/mol. The van der Waals surface area contributed by atoms with Gasteiger partial charge in [0.2, 0.25) is 10.0 Å². The van der Waals surface area contributed by atoms with E-state index in [1.54, 1.807) is 23.9 Å². The van der Waals surface area contributed by atoms with Crippen LogP contribution in [-0.4, -0.2) is 61.3 Å². The van der Waals surface area contributed by atoms with Gasteiger partial charge >= 0.3 is 0 Å². The Kier molecular flexibility index (Phi) is 6.76. The maximum absolute atomic E-state index is 13.2. The summed E-state index contributed by atoms with van der Waals surface area (Å²) in [5.41, 5.74) is 4.12. The van der Waals surface area contributed by atoms with Crippen LogP contribution in [0.4, 0.5) is 0 Å². The SMILES string of the molecule is Cc1ccc(CSc2nc3cc(S(=O)(=O)N4CCOCC4)ccc3n2C[C@@H]2CCCO2)cc1. The van der Waals surface area contributed by atoms with Crippen LogP contribution in [0.5, 0.6) is 0 Å². The predicted molar refractivity (Wildman–Crippen MR) is 129 cm³/mol. The van der Waals surface area contributed by atoms with Crippen molar-refractivity contribution in [2.24, 2.45) is 0 Å². The normalized spacial score (nSPS) is 20.0. The Morgan fingerprint density at radius 3 is 2.61 bits per heavy atom. The van der Waals surface area contributed by atoms with Crippen molar-refractivity contribution in [1.82, 2.24) is 13.9 Å². The minimum atomic E-state index is -3.57. The van der Waals surface area contributed by atoms with Crippen molar-refractivity contribution in [2.45, 2.75) is 48.2 Å². The van der Waals surface area contributed by atoms with Gasteiger partial charge in [0.15, 0.2) is 5.16 Å². The molecule has 3 heterocycles. The number of rotatable bonds is 7. The second kappa shape index (κ2) is 9.76. The van der Waals surface area contributed by atoms with E-state index in [1.807, 2.05) is 6.07 Å². The standard InChI is InChI=1S/C24H29N3O4S2/c1-18-4-6-19(7-5-18)17-32-24-25-22-15-21(33(28,29)26-10-13-30-14-11-26)8-9-23(22)27(24)16-20-3-2-12-31-20/h4-9,15,20H,2-3,10-14,16-17H2,1H3/t20-/m0/s1. The molecule has 0 aliphatic carbocycles. The van der Waals surface area contributed by atoms with Crippen LogP contribution in [0.25, 0.3) is 11.0 Å². The van der Waals surface area contributed by atoms with Crippen molar-refractivity contribution in [3.05, 3.63) is 53.6 Å². The number of sulfonamides is 1. The van der Waals surface area contributed by atoms with Crippen LogP contribution in [0.15, 0.2) is 52.5 Å². The molecule has 5 rings (SSSR count). The third-order valence-corrected chi connectivity index (χ3v) is 9.13. The number of nitrogens with zero attached hydrogens (tertiary/aromatic N) is 3. The number of ether oxygens (including phenoxy) is 2. The van der Waals surface area contributed by atoms with E-state index < -0.39 is 10.0 Å². The van der Waals surface area contributed by atoms with Crippen molar-refractivity contribution < 1.29 is 17.9 Å². The summed E-state index contributed by atoms with van der Waals surface area (Å²) in [6.45, 7) is 5.22. The lowest BCUT2D eigenvalue weighted by Gasteiger charge is -2.26. The van der Waals surface area contributed by atoms with Gasteiger partial charge in [0.25, 0.3) is 0 Å². The van der Waals surface area contributed by atoms with Crippen molar-refractivity contribution in [3.63, 3.8) is 0 Å². The zero-order chi connectivity index (χ0) is 22.8. The summed E-state index contributed by atoms with van der Waals surface area (Å²) >= 11 is 1.68. The fourth-order valence-electron chi connectivity index (χ4n) is 4.29. The smallest absolute Gasteiger partial charge is 0.243 e. The summed E-state index contributed by atoms with van der Waals surface area (Å²) in [5.74, 6) is 0.800. The van der Waals surface area contributed by atoms with Crippen molar-refractivity contribution in [1.29, 1.82) is 0 Å². The summed E-state index contributed by atoms with van der Waals surface area (Å²) in [7, 11) is -3.57. The fourth-order valence-corrected chi connectivity index (χ4v) is 6.70. The Balaban J connectivity index is 1.46. The number of hydrogen-bond donors (Lipinski definition) is 0. The first-order valence-electron chi connectivity index (χ1n) is 11.4. The van der Waals surface area contributed by atoms with Crippen molar-refractivity contribution in [2.75, 3.05) is 32.9 Å². The number of aryl methyl sites for hydroxylation is 1. The molecule has 3 aromatic rings. The number of imidazole rings is 1. The highest BCUT2D eigenvalue weighted by molar-refractivity contribution is 7.98. The number of fused-ring (bicyclic) bond motifs is 1. The van der Waals surface area contributed by atoms with Crippen LogP contribution in [0.3, 0.4) is 0 Å². The fraction of sp³-hybridized carbons (Fsp3) is 0.458. The molecular formula is C24H29N3O4S2. The number of hydrogen-bond acceptors (Lipinski definition) is 6. The van der Waals surface area contributed by atoms with Crippen LogP contribution in [0, 0.1) is 6.92 Å². The Morgan fingerprint density at radius 2 is 1.88 bits per heavy atom. The molecule has 176 valence electrons. The highest BCUT2D eigenvalue weighted by Gasteiger charge is 2.27. The highest BCUT2D eigenvalue weighted by Crippen LogP contribution is 2.31. The Bertz CT molecular complexity index is 1210. The molecule has 33 heavy (non-hydrogen) atoms. The largest absolute Gasteiger partial charge is 0.379 e. The molecule has 0 amide bonds. The van der Waals surface area contributed by atoms with E-state index in [9.17, 15) is 8.42 Å². The number of aromatic nitrogens is 2. The molecule has 0 unspecified atom stereocenters. The molecule has 1 aromatic heterocycles. The minimum absolute atomic E-state index is 0.165. The summed E-state index contributed by atoms with van der Waals surface area (Å²) in [6, 6.07) is 13.8. The third kappa shape index (κ3) is 4.97. The van der Waals surface area contributed by atoms with Gasteiger partial charge in [-0.05, 0) is 43.5 Å². The topological polar surface area (TPSA) is 73.7 Å². The first kappa shape index (κ1) is 22.9. The molecule has 0 bridgehead atoms. The quantitative estimate of drug-likeness (QED) is 0.472. The van der Waals surface area contributed by atoms with E-state index in [1.165, 1.54) is 15.4 Å². The van der Waals surface area contributed by atoms with E-state index in [0.717, 1.165) is 42.4 Å². The van der Waals surface area contributed by atoms with E-state index in [4.69, 9.17) is 14.5 Å². The van der Waals surface area contributed by atoms with E-state index in [2.05, 4.69) is 35.8 Å². The minimum Gasteiger partial charge on any atom is -0.379 e. The molecule has 2 fully saturated rings. The Labute approximate surface area is 199 Å². The molecular weight excluding hydrogens is 458 g/mol. The average Bonchev–Trinajstić information content (AvgIpc) is 3.47. The molecule has 0 saturated carbocycles. The molecule has 2 aliphatic heterocycles. The molecule has 7 nitrogen and oxygen atoms in total. The van der Waals surface area contributed by atoms with E-state index >= 15 is 0 Å². The second-order valence-electron chi connectivity index (χ2n) is 8.58. The number of morpholine rings is 1. The molecule has 1 atom stereocenters. The van der Waals surface area contributed by atoms with Crippen LogP contribution in [-0.2, 0) is 31.8 Å². The van der Waals surface area contributed by atoms with E-state index in [0.29, 0.717) is 31.8 Å². The van der Waals surface area contributed by atoms with Gasteiger partial charge in [-0.2, -0.15) is 4.31 Å². The van der Waals surface area contributed by atoms with Crippen LogP contribution >= 0.6 is 11.8 Å². The van der Waals surface area contributed by atoms with Crippen molar-refractivity contribution in [3.8, 4) is 0 Å².